The average molecular weight is 552 g/mol. The molecule has 0 unspecified atom stereocenters. The smallest absolute Gasteiger partial charge is 0.175 e. The first-order valence-corrected chi connectivity index (χ1v) is 13.6. The molecule has 4 rings (SSSR count). The minimum absolute atomic E-state index is 0.268. The zero-order valence-corrected chi connectivity index (χ0v) is 23.1. The fourth-order valence-corrected chi connectivity index (χ4v) is 6.24. The molecule has 0 bridgehead atoms. The van der Waals surface area contributed by atoms with Gasteiger partial charge in [0.25, 0.3) is 0 Å². The summed E-state index contributed by atoms with van der Waals surface area (Å²) in [6, 6.07) is 16.4. The van der Waals surface area contributed by atoms with Gasteiger partial charge in [-0.1, -0.05) is 51.1 Å². The van der Waals surface area contributed by atoms with Crippen LogP contribution in [0.2, 0.25) is 0 Å². The molecule has 1 aliphatic rings. The van der Waals surface area contributed by atoms with Crippen molar-refractivity contribution in [3.05, 3.63) is 74.1 Å². The molecule has 35 heavy (non-hydrogen) atoms. The standard InChI is InChI=1S/C29H31BrN2O2S/c1-5-33-25-14-20(13-24(30)27(25)34-18-19-9-7-6-8-10-19)17-32-28-23(16-31)22-12-11-21(29(2,3)4)15-26(22)35-28/h6-10,13-14,17,21H,5,11-12,15,18H2,1-4H3/t21-/m0/s1. The molecule has 0 saturated carbocycles. The van der Waals surface area contributed by atoms with Crippen LogP contribution in [0.3, 0.4) is 0 Å². The van der Waals surface area contributed by atoms with E-state index in [1.165, 1.54) is 10.4 Å². The van der Waals surface area contributed by atoms with Crippen molar-refractivity contribution in [2.45, 2.75) is 53.6 Å². The summed E-state index contributed by atoms with van der Waals surface area (Å²) in [5, 5.41) is 10.7. The molecule has 0 amide bonds. The topological polar surface area (TPSA) is 54.6 Å². The first kappa shape index (κ1) is 25.5. The van der Waals surface area contributed by atoms with Gasteiger partial charge in [0.1, 0.15) is 17.7 Å². The number of benzene rings is 2. The lowest BCUT2D eigenvalue weighted by Crippen LogP contribution is -2.26. The average Bonchev–Trinajstić information content (AvgIpc) is 3.19. The van der Waals surface area contributed by atoms with Crippen LogP contribution in [-0.4, -0.2) is 12.8 Å². The van der Waals surface area contributed by atoms with Crippen LogP contribution in [0.25, 0.3) is 0 Å². The Bertz CT molecular complexity index is 1250. The Morgan fingerprint density at radius 2 is 1.97 bits per heavy atom. The van der Waals surface area contributed by atoms with E-state index in [1.54, 1.807) is 11.3 Å². The third-order valence-corrected chi connectivity index (χ3v) is 8.22. The first-order chi connectivity index (χ1) is 16.8. The Kier molecular flexibility index (Phi) is 7.98. The van der Waals surface area contributed by atoms with Crippen LogP contribution >= 0.6 is 27.3 Å². The number of fused-ring (bicyclic) bond motifs is 1. The van der Waals surface area contributed by atoms with Crippen molar-refractivity contribution in [2.24, 2.45) is 16.3 Å². The zero-order valence-electron chi connectivity index (χ0n) is 20.7. The summed E-state index contributed by atoms with van der Waals surface area (Å²) >= 11 is 5.32. The van der Waals surface area contributed by atoms with Crippen LogP contribution < -0.4 is 9.47 Å². The summed E-state index contributed by atoms with van der Waals surface area (Å²) in [4.78, 5) is 6.08. The fourth-order valence-electron chi connectivity index (χ4n) is 4.45. The van der Waals surface area contributed by atoms with Crippen LogP contribution in [0.15, 0.2) is 51.9 Å². The molecule has 0 spiro atoms. The SMILES string of the molecule is CCOc1cc(C=Nc2sc3c(c2C#N)CC[C@H](C(C)(C)C)C3)cc(Br)c1OCc1ccccc1. The number of rotatable bonds is 7. The van der Waals surface area contributed by atoms with Gasteiger partial charge in [-0.15, -0.1) is 11.3 Å². The molecule has 0 saturated heterocycles. The van der Waals surface area contributed by atoms with Crippen LogP contribution in [0.1, 0.15) is 61.2 Å². The Hall–Kier alpha value is -2.62. The van der Waals surface area contributed by atoms with Gasteiger partial charge in [0.2, 0.25) is 0 Å². The van der Waals surface area contributed by atoms with Gasteiger partial charge < -0.3 is 9.47 Å². The zero-order chi connectivity index (χ0) is 25.0. The summed E-state index contributed by atoms with van der Waals surface area (Å²) in [6.07, 6.45) is 4.93. The van der Waals surface area contributed by atoms with Crippen LogP contribution in [0.5, 0.6) is 11.5 Å². The van der Waals surface area contributed by atoms with Crippen LogP contribution in [-0.2, 0) is 19.4 Å². The maximum absolute atomic E-state index is 9.87. The van der Waals surface area contributed by atoms with E-state index in [0.717, 1.165) is 45.4 Å². The van der Waals surface area contributed by atoms with E-state index >= 15 is 0 Å². The Balaban J connectivity index is 1.58. The van der Waals surface area contributed by atoms with E-state index in [4.69, 9.17) is 14.5 Å². The summed E-state index contributed by atoms with van der Waals surface area (Å²) < 4.78 is 12.8. The second-order valence-electron chi connectivity index (χ2n) is 9.90. The Labute approximate surface area is 220 Å². The molecule has 1 aliphatic carbocycles. The van der Waals surface area contributed by atoms with Gasteiger partial charge in [-0.05, 0) is 82.3 Å². The molecule has 182 valence electrons. The van der Waals surface area contributed by atoms with Crippen molar-refractivity contribution in [3.63, 3.8) is 0 Å². The molecule has 0 N–H and O–H groups in total. The largest absolute Gasteiger partial charge is 0.490 e. The van der Waals surface area contributed by atoms with E-state index in [-0.39, 0.29) is 5.41 Å². The van der Waals surface area contributed by atoms with E-state index in [0.29, 0.717) is 30.6 Å². The van der Waals surface area contributed by atoms with Crippen LogP contribution in [0.4, 0.5) is 5.00 Å². The highest BCUT2D eigenvalue weighted by molar-refractivity contribution is 9.10. The summed E-state index contributed by atoms with van der Waals surface area (Å²) in [7, 11) is 0. The Morgan fingerprint density at radius 1 is 1.20 bits per heavy atom. The summed E-state index contributed by atoms with van der Waals surface area (Å²) in [5.41, 5.74) is 4.18. The molecule has 0 fully saturated rings. The van der Waals surface area contributed by atoms with Crippen molar-refractivity contribution in [1.82, 2.24) is 0 Å². The highest BCUT2D eigenvalue weighted by atomic mass is 79.9. The lowest BCUT2D eigenvalue weighted by molar-refractivity contribution is 0.218. The molecule has 3 aromatic rings. The molecule has 1 atom stereocenters. The van der Waals surface area contributed by atoms with Gasteiger partial charge in [0, 0.05) is 11.1 Å². The highest BCUT2D eigenvalue weighted by Crippen LogP contribution is 2.45. The quantitative estimate of drug-likeness (QED) is 0.278. The van der Waals surface area contributed by atoms with E-state index in [9.17, 15) is 5.26 Å². The third kappa shape index (κ3) is 5.97. The number of thiophene rings is 1. The molecule has 6 heteroatoms. The molecule has 4 nitrogen and oxygen atoms in total. The highest BCUT2D eigenvalue weighted by Gasteiger charge is 2.32. The van der Waals surface area contributed by atoms with E-state index in [2.05, 4.69) is 42.8 Å². The predicted molar refractivity (Wildman–Crippen MR) is 147 cm³/mol. The van der Waals surface area contributed by atoms with Gasteiger partial charge in [-0.25, -0.2) is 4.99 Å². The lowest BCUT2D eigenvalue weighted by atomic mass is 9.72. The van der Waals surface area contributed by atoms with Gasteiger partial charge in [-0.3, -0.25) is 0 Å². The van der Waals surface area contributed by atoms with Crippen molar-refractivity contribution >= 4 is 38.5 Å². The monoisotopic (exact) mass is 550 g/mol. The predicted octanol–water partition coefficient (Wildman–Crippen LogP) is 8.26. The summed E-state index contributed by atoms with van der Waals surface area (Å²) in [5.74, 6) is 1.97. The molecular formula is C29H31BrN2O2S. The maximum atomic E-state index is 9.87. The number of ether oxygens (including phenoxy) is 2. The lowest BCUT2D eigenvalue weighted by Gasteiger charge is -2.33. The second kappa shape index (κ2) is 11.0. The third-order valence-electron chi connectivity index (χ3n) is 6.47. The number of hydrogen-bond donors (Lipinski definition) is 0. The number of halogens is 1. The first-order valence-electron chi connectivity index (χ1n) is 12.0. The Morgan fingerprint density at radius 3 is 2.66 bits per heavy atom. The van der Waals surface area contributed by atoms with Gasteiger partial charge in [0.05, 0.1) is 16.6 Å². The van der Waals surface area contributed by atoms with Crippen molar-refractivity contribution in [2.75, 3.05) is 6.61 Å². The number of aliphatic imine (C=N–C) groups is 1. The van der Waals surface area contributed by atoms with Crippen LogP contribution in [0, 0.1) is 22.7 Å². The van der Waals surface area contributed by atoms with Crippen molar-refractivity contribution in [3.8, 4) is 17.6 Å². The van der Waals surface area contributed by atoms with Gasteiger partial charge in [0.15, 0.2) is 11.5 Å². The molecule has 1 heterocycles. The molecular weight excluding hydrogens is 520 g/mol. The van der Waals surface area contributed by atoms with Crippen molar-refractivity contribution in [1.29, 1.82) is 5.26 Å². The van der Waals surface area contributed by atoms with Gasteiger partial charge in [-0.2, -0.15) is 5.26 Å². The normalized spacial score (nSPS) is 15.6. The number of nitriles is 1. The minimum atomic E-state index is 0.268. The fraction of sp³-hybridized carbons (Fsp3) is 0.379. The molecule has 0 aliphatic heterocycles. The maximum Gasteiger partial charge on any atom is 0.175 e. The van der Waals surface area contributed by atoms with E-state index in [1.807, 2.05) is 55.6 Å². The van der Waals surface area contributed by atoms with E-state index < -0.39 is 0 Å². The second-order valence-corrected chi connectivity index (χ2v) is 11.8. The molecule has 0 radical (unpaired) electrons. The minimum Gasteiger partial charge on any atom is -0.490 e. The summed E-state index contributed by atoms with van der Waals surface area (Å²) in [6.45, 7) is 9.86. The van der Waals surface area contributed by atoms with Gasteiger partial charge >= 0.3 is 0 Å². The molecule has 2 aromatic carbocycles. The number of nitrogens with zero attached hydrogens (tertiary/aromatic N) is 2. The van der Waals surface area contributed by atoms with Crippen molar-refractivity contribution < 1.29 is 9.47 Å². The number of hydrogen-bond acceptors (Lipinski definition) is 5. The molecule has 1 aromatic heterocycles.